The van der Waals surface area contributed by atoms with Crippen molar-refractivity contribution in [3.8, 4) is 11.3 Å². The van der Waals surface area contributed by atoms with Crippen LogP contribution in [0.4, 0.5) is 25.8 Å². The van der Waals surface area contributed by atoms with Crippen LogP contribution in [0.5, 0.6) is 0 Å². The third-order valence-corrected chi connectivity index (χ3v) is 6.25. The molecule has 0 fully saturated rings. The Morgan fingerprint density at radius 2 is 1.57 bits per heavy atom. The number of hydrogen-bond acceptors (Lipinski definition) is 4. The first-order chi connectivity index (χ1) is 17.8. The smallest absolute Gasteiger partial charge is 0.275 e. The third kappa shape index (κ3) is 5.92. The van der Waals surface area contributed by atoms with Gasteiger partial charge in [0.1, 0.15) is 17.3 Å². The van der Waals surface area contributed by atoms with Crippen LogP contribution in [0.1, 0.15) is 12.5 Å². The van der Waals surface area contributed by atoms with Gasteiger partial charge in [0.05, 0.1) is 18.3 Å². The molecule has 0 saturated heterocycles. The fraction of sp³-hybridized carbons (Fsp3) is 0.172. The summed E-state index contributed by atoms with van der Waals surface area (Å²) in [5, 5.41) is 5.55. The van der Waals surface area contributed by atoms with Gasteiger partial charge in [0.2, 0.25) is 5.91 Å². The number of halogens is 2. The SMILES string of the molecule is CN[C@@H](C)C(=O)Nc1ccc(-c2ccc(F)cc2)n(Cc2cccc(N(C)c3ccc(F)cc3)c2)c1=O. The molecule has 4 rings (SSSR count). The van der Waals surface area contributed by atoms with Crippen molar-refractivity contribution < 1.29 is 13.6 Å². The minimum absolute atomic E-state index is 0.151. The van der Waals surface area contributed by atoms with Gasteiger partial charge in [0, 0.05) is 18.4 Å². The molecule has 0 aliphatic carbocycles. The van der Waals surface area contributed by atoms with Crippen molar-refractivity contribution in [2.45, 2.75) is 19.5 Å². The molecule has 0 unspecified atom stereocenters. The second kappa shape index (κ2) is 11.2. The first-order valence-corrected chi connectivity index (χ1v) is 11.8. The average molecular weight is 503 g/mol. The second-order valence-electron chi connectivity index (χ2n) is 8.74. The number of amides is 1. The van der Waals surface area contributed by atoms with E-state index in [9.17, 15) is 18.4 Å². The summed E-state index contributed by atoms with van der Waals surface area (Å²) in [4.78, 5) is 27.9. The predicted molar refractivity (Wildman–Crippen MR) is 143 cm³/mol. The van der Waals surface area contributed by atoms with Crippen LogP contribution in [-0.2, 0) is 11.3 Å². The van der Waals surface area contributed by atoms with Crippen LogP contribution in [0.3, 0.4) is 0 Å². The number of nitrogens with one attached hydrogen (secondary N) is 2. The topological polar surface area (TPSA) is 66.4 Å². The van der Waals surface area contributed by atoms with Gasteiger partial charge in [-0.2, -0.15) is 0 Å². The molecular weight excluding hydrogens is 474 g/mol. The van der Waals surface area contributed by atoms with Crippen LogP contribution < -0.4 is 21.1 Å². The molecule has 0 spiro atoms. The average Bonchev–Trinajstić information content (AvgIpc) is 2.91. The molecule has 0 radical (unpaired) electrons. The lowest BCUT2D eigenvalue weighted by Gasteiger charge is -2.21. The maximum Gasteiger partial charge on any atom is 0.275 e. The van der Waals surface area contributed by atoms with Crippen molar-refractivity contribution in [3.05, 3.63) is 112 Å². The Morgan fingerprint density at radius 1 is 0.919 bits per heavy atom. The van der Waals surface area contributed by atoms with Gasteiger partial charge in [0.15, 0.2) is 0 Å². The molecule has 3 aromatic carbocycles. The molecule has 6 nitrogen and oxygen atoms in total. The Kier molecular flexibility index (Phi) is 7.79. The second-order valence-corrected chi connectivity index (χ2v) is 8.74. The fourth-order valence-corrected chi connectivity index (χ4v) is 3.94. The zero-order valence-electron chi connectivity index (χ0n) is 20.8. The van der Waals surface area contributed by atoms with Gasteiger partial charge >= 0.3 is 0 Å². The van der Waals surface area contributed by atoms with Crippen molar-refractivity contribution >= 4 is 23.0 Å². The highest BCUT2D eigenvalue weighted by Gasteiger charge is 2.16. The Balaban J connectivity index is 1.73. The Hall–Kier alpha value is -4.30. The van der Waals surface area contributed by atoms with E-state index in [1.165, 1.54) is 24.3 Å². The molecule has 2 N–H and O–H groups in total. The molecular formula is C29H28F2N4O2. The summed E-state index contributed by atoms with van der Waals surface area (Å²) in [5.74, 6) is -1.02. The quantitative estimate of drug-likeness (QED) is 0.350. The first kappa shape index (κ1) is 25.8. The maximum atomic E-state index is 13.6. The minimum Gasteiger partial charge on any atom is -0.345 e. The number of rotatable bonds is 8. The van der Waals surface area contributed by atoms with E-state index in [0.717, 1.165) is 16.9 Å². The number of likely N-dealkylation sites (N-methyl/N-ethyl adjacent to an activating group) is 1. The summed E-state index contributed by atoms with van der Waals surface area (Å²) >= 11 is 0. The van der Waals surface area contributed by atoms with E-state index < -0.39 is 6.04 Å². The zero-order valence-corrected chi connectivity index (χ0v) is 20.8. The molecule has 8 heteroatoms. The van der Waals surface area contributed by atoms with Crippen LogP contribution in [-0.4, -0.2) is 30.6 Å². The minimum atomic E-state index is -0.483. The Morgan fingerprint density at radius 3 is 2.22 bits per heavy atom. The molecule has 0 saturated carbocycles. The standard InChI is InChI=1S/C29H28F2N4O2/c1-19(32-2)28(36)33-26-15-16-27(21-7-9-22(30)10-8-21)35(29(26)37)18-20-5-4-6-25(17-20)34(3)24-13-11-23(31)12-14-24/h4-17,19,32H,18H2,1-3H3,(H,33,36)/t19-/m0/s1. The van der Waals surface area contributed by atoms with Crippen molar-refractivity contribution in [2.24, 2.45) is 0 Å². The van der Waals surface area contributed by atoms with Gasteiger partial charge in [-0.05, 0) is 97.9 Å². The molecule has 1 amide bonds. The van der Waals surface area contributed by atoms with E-state index >= 15 is 0 Å². The summed E-state index contributed by atoms with van der Waals surface area (Å²) in [6.07, 6.45) is 0. The lowest BCUT2D eigenvalue weighted by molar-refractivity contribution is -0.117. The number of hydrogen-bond donors (Lipinski definition) is 2. The highest BCUT2D eigenvalue weighted by Crippen LogP contribution is 2.26. The van der Waals surface area contributed by atoms with Gasteiger partial charge < -0.3 is 20.1 Å². The van der Waals surface area contributed by atoms with E-state index in [0.29, 0.717) is 11.3 Å². The first-order valence-electron chi connectivity index (χ1n) is 11.8. The number of nitrogens with zero attached hydrogens (tertiary/aromatic N) is 2. The summed E-state index contributed by atoms with van der Waals surface area (Å²) in [6.45, 7) is 1.91. The van der Waals surface area contributed by atoms with Gasteiger partial charge in [0.25, 0.3) is 5.56 Å². The molecule has 190 valence electrons. The number of carbonyl (C=O) groups excluding carboxylic acids is 1. The van der Waals surface area contributed by atoms with Crippen molar-refractivity contribution in [3.63, 3.8) is 0 Å². The highest BCUT2D eigenvalue weighted by atomic mass is 19.1. The molecule has 0 aliphatic heterocycles. The van der Waals surface area contributed by atoms with Crippen LogP contribution >= 0.6 is 0 Å². The monoisotopic (exact) mass is 502 g/mol. The number of carbonyl (C=O) groups is 1. The van der Waals surface area contributed by atoms with Crippen LogP contribution in [0.2, 0.25) is 0 Å². The summed E-state index contributed by atoms with van der Waals surface area (Å²) in [7, 11) is 3.54. The van der Waals surface area contributed by atoms with Crippen molar-refractivity contribution in [1.29, 1.82) is 0 Å². The number of benzene rings is 3. The van der Waals surface area contributed by atoms with Crippen LogP contribution in [0, 0.1) is 11.6 Å². The molecule has 0 bridgehead atoms. The zero-order chi connectivity index (χ0) is 26.5. The predicted octanol–water partition coefficient (Wildman–Crippen LogP) is 5.16. The molecule has 0 aliphatic rings. The van der Waals surface area contributed by atoms with E-state index in [1.807, 2.05) is 36.2 Å². The van der Waals surface area contributed by atoms with Gasteiger partial charge in [-0.1, -0.05) is 12.1 Å². The Labute approximate surface area is 214 Å². The molecule has 1 heterocycles. The summed E-state index contributed by atoms with van der Waals surface area (Å²) in [6, 6.07) is 22.6. The highest BCUT2D eigenvalue weighted by molar-refractivity contribution is 5.94. The summed E-state index contributed by atoms with van der Waals surface area (Å²) in [5.41, 5.74) is 3.53. The van der Waals surface area contributed by atoms with Gasteiger partial charge in [-0.25, -0.2) is 8.78 Å². The van der Waals surface area contributed by atoms with E-state index in [1.54, 1.807) is 54.9 Å². The third-order valence-electron chi connectivity index (χ3n) is 6.25. The lowest BCUT2D eigenvalue weighted by Crippen LogP contribution is -2.37. The molecule has 1 aromatic heterocycles. The number of anilines is 3. The molecule has 4 aromatic rings. The Bertz CT molecular complexity index is 1450. The van der Waals surface area contributed by atoms with Crippen molar-refractivity contribution in [2.75, 3.05) is 24.3 Å². The van der Waals surface area contributed by atoms with E-state index in [-0.39, 0.29) is 35.3 Å². The fourth-order valence-electron chi connectivity index (χ4n) is 3.94. The van der Waals surface area contributed by atoms with Crippen LogP contribution in [0.25, 0.3) is 11.3 Å². The van der Waals surface area contributed by atoms with Gasteiger partial charge in [-0.3, -0.25) is 9.59 Å². The lowest BCUT2D eigenvalue weighted by atomic mass is 10.1. The maximum absolute atomic E-state index is 13.6. The van der Waals surface area contributed by atoms with E-state index in [4.69, 9.17) is 0 Å². The van der Waals surface area contributed by atoms with Crippen molar-refractivity contribution in [1.82, 2.24) is 9.88 Å². The van der Waals surface area contributed by atoms with E-state index in [2.05, 4.69) is 10.6 Å². The van der Waals surface area contributed by atoms with Crippen LogP contribution in [0.15, 0.2) is 89.7 Å². The molecule has 37 heavy (non-hydrogen) atoms. The summed E-state index contributed by atoms with van der Waals surface area (Å²) < 4.78 is 28.5. The molecule has 1 atom stereocenters. The largest absolute Gasteiger partial charge is 0.345 e. The number of aromatic nitrogens is 1. The van der Waals surface area contributed by atoms with Gasteiger partial charge in [-0.15, -0.1) is 0 Å². The number of pyridine rings is 1. The normalized spacial score (nSPS) is 11.7.